The van der Waals surface area contributed by atoms with E-state index in [-0.39, 0.29) is 11.1 Å². The third kappa shape index (κ3) is 1.81. The van der Waals surface area contributed by atoms with Crippen LogP contribution in [0.2, 0.25) is 0 Å². The zero-order valence-electron chi connectivity index (χ0n) is 11.2. The van der Waals surface area contributed by atoms with Gasteiger partial charge in [-0.15, -0.1) is 5.10 Å². The molecule has 0 amide bonds. The summed E-state index contributed by atoms with van der Waals surface area (Å²) in [6, 6.07) is 7.50. The Morgan fingerprint density at radius 3 is 2.50 bits per heavy atom. The van der Waals surface area contributed by atoms with Crippen molar-refractivity contribution in [3.63, 3.8) is 0 Å². The van der Waals surface area contributed by atoms with Gasteiger partial charge in [0.25, 0.3) is 0 Å². The molecule has 0 atom stereocenters. The Labute approximate surface area is 123 Å². The second-order valence-corrected chi connectivity index (χ2v) is 4.75. The highest BCUT2D eigenvalue weighted by atomic mass is 19.1. The smallest absolute Gasteiger partial charge is 0.152 e. The van der Waals surface area contributed by atoms with Crippen LogP contribution >= 0.6 is 0 Å². The van der Waals surface area contributed by atoms with Crippen LogP contribution in [0.15, 0.2) is 48.9 Å². The zero-order chi connectivity index (χ0) is 15.1. The standard InChI is InChI=1S/C16H8F2N4/c17-12-4-2-1-3-9(12)14-10-7-13(18)16-11(8-21-22-16)15(10)20-6-5-19-14/h1-8H. The minimum atomic E-state index is -0.535. The molecule has 4 aromatic rings. The lowest BCUT2D eigenvalue weighted by Gasteiger charge is -2.04. The molecule has 0 fully saturated rings. The maximum absolute atomic E-state index is 14.2. The Hall–Kier alpha value is -3.02. The summed E-state index contributed by atoms with van der Waals surface area (Å²) in [5.74, 6) is -0.964. The summed E-state index contributed by atoms with van der Waals surface area (Å²) in [6.45, 7) is 0. The van der Waals surface area contributed by atoms with Gasteiger partial charge in [0.2, 0.25) is 0 Å². The molecule has 22 heavy (non-hydrogen) atoms. The van der Waals surface area contributed by atoms with E-state index in [0.717, 1.165) is 0 Å². The molecule has 0 aliphatic heterocycles. The van der Waals surface area contributed by atoms with Crippen LogP contribution in [-0.4, -0.2) is 20.2 Å². The summed E-state index contributed by atoms with van der Waals surface area (Å²) >= 11 is 0. The number of hydrogen-bond donors (Lipinski definition) is 0. The van der Waals surface area contributed by atoms with Gasteiger partial charge in [0.15, 0.2) is 5.82 Å². The number of rotatable bonds is 1. The third-order valence-electron chi connectivity index (χ3n) is 3.47. The first-order valence-corrected chi connectivity index (χ1v) is 6.55. The molecule has 2 aromatic carbocycles. The van der Waals surface area contributed by atoms with Crippen molar-refractivity contribution in [3.8, 4) is 11.3 Å². The van der Waals surface area contributed by atoms with Crippen LogP contribution in [-0.2, 0) is 0 Å². The molecular formula is C16H8F2N4. The minimum absolute atomic E-state index is 0.144. The molecule has 2 heterocycles. The fourth-order valence-corrected chi connectivity index (χ4v) is 2.49. The number of nitrogens with zero attached hydrogens (tertiary/aromatic N) is 4. The summed E-state index contributed by atoms with van der Waals surface area (Å²) < 4.78 is 28.3. The Bertz CT molecular complexity index is 1020. The topological polar surface area (TPSA) is 51.6 Å². The average molecular weight is 294 g/mol. The van der Waals surface area contributed by atoms with E-state index in [0.29, 0.717) is 22.0 Å². The maximum Gasteiger partial charge on any atom is 0.152 e. The minimum Gasteiger partial charge on any atom is -0.254 e. The SMILES string of the molecule is Fc1ccccc1-c1nccnc2c1cc(F)c1nncc12. The molecule has 0 saturated carbocycles. The highest BCUT2D eigenvalue weighted by Gasteiger charge is 2.15. The molecule has 6 heteroatoms. The van der Waals surface area contributed by atoms with Crippen molar-refractivity contribution in [2.24, 2.45) is 0 Å². The highest BCUT2D eigenvalue weighted by Crippen LogP contribution is 2.31. The molecule has 0 spiro atoms. The molecule has 2 aromatic heterocycles. The fraction of sp³-hybridized carbons (Fsp3) is 0. The van der Waals surface area contributed by atoms with Crippen LogP contribution in [0.4, 0.5) is 8.78 Å². The summed E-state index contributed by atoms with van der Waals surface area (Å²) in [7, 11) is 0. The van der Waals surface area contributed by atoms with E-state index in [1.165, 1.54) is 30.7 Å². The maximum atomic E-state index is 14.2. The molecule has 0 radical (unpaired) electrons. The van der Waals surface area contributed by atoms with Gasteiger partial charge >= 0.3 is 0 Å². The van der Waals surface area contributed by atoms with Crippen LogP contribution < -0.4 is 0 Å². The number of hydrogen-bond acceptors (Lipinski definition) is 4. The first-order valence-electron chi connectivity index (χ1n) is 6.55. The largest absolute Gasteiger partial charge is 0.254 e. The lowest BCUT2D eigenvalue weighted by molar-refractivity contribution is 0.630. The Morgan fingerprint density at radius 2 is 1.64 bits per heavy atom. The van der Waals surface area contributed by atoms with Gasteiger partial charge in [0, 0.05) is 23.3 Å². The van der Waals surface area contributed by atoms with Crippen molar-refractivity contribution in [3.05, 3.63) is 60.6 Å². The van der Waals surface area contributed by atoms with Gasteiger partial charge in [-0.1, -0.05) is 12.1 Å². The van der Waals surface area contributed by atoms with E-state index >= 15 is 0 Å². The second kappa shape index (κ2) is 4.77. The molecular weight excluding hydrogens is 286 g/mol. The summed E-state index contributed by atoms with van der Waals surface area (Å²) in [5.41, 5.74) is 1.24. The molecule has 4 rings (SSSR count). The molecule has 0 aliphatic rings. The van der Waals surface area contributed by atoms with Crippen molar-refractivity contribution < 1.29 is 8.78 Å². The van der Waals surface area contributed by atoms with Gasteiger partial charge in [0.05, 0.1) is 22.8 Å². The first-order chi connectivity index (χ1) is 10.8. The van der Waals surface area contributed by atoms with Gasteiger partial charge in [0.1, 0.15) is 11.3 Å². The van der Waals surface area contributed by atoms with Crippen molar-refractivity contribution in [1.82, 2.24) is 20.2 Å². The van der Waals surface area contributed by atoms with E-state index in [2.05, 4.69) is 20.2 Å². The summed E-state index contributed by atoms with van der Waals surface area (Å²) in [5, 5.41) is 8.37. The molecule has 0 N–H and O–H groups in total. The van der Waals surface area contributed by atoms with Gasteiger partial charge in [-0.3, -0.25) is 9.97 Å². The normalized spacial score (nSPS) is 11.2. The van der Waals surface area contributed by atoms with E-state index < -0.39 is 11.6 Å². The molecule has 0 saturated heterocycles. The highest BCUT2D eigenvalue weighted by molar-refractivity contribution is 6.07. The van der Waals surface area contributed by atoms with Gasteiger partial charge in [-0.25, -0.2) is 8.78 Å². The number of fused-ring (bicyclic) bond motifs is 3. The van der Waals surface area contributed by atoms with Crippen molar-refractivity contribution in [2.45, 2.75) is 0 Å². The number of halogens is 2. The van der Waals surface area contributed by atoms with Gasteiger partial charge in [-0.2, -0.15) is 5.10 Å². The van der Waals surface area contributed by atoms with E-state index in [9.17, 15) is 8.78 Å². The molecule has 0 bridgehead atoms. The van der Waals surface area contributed by atoms with Crippen LogP contribution in [0.3, 0.4) is 0 Å². The Morgan fingerprint density at radius 1 is 0.818 bits per heavy atom. The summed E-state index contributed by atoms with van der Waals surface area (Å²) in [4.78, 5) is 8.49. The first kappa shape index (κ1) is 12.7. The predicted molar refractivity (Wildman–Crippen MR) is 78.0 cm³/mol. The fourth-order valence-electron chi connectivity index (χ4n) is 2.49. The van der Waals surface area contributed by atoms with Crippen LogP contribution in [0, 0.1) is 11.6 Å². The van der Waals surface area contributed by atoms with Crippen molar-refractivity contribution >= 4 is 21.8 Å². The second-order valence-electron chi connectivity index (χ2n) is 4.75. The quantitative estimate of drug-likeness (QED) is 0.539. The number of aromatic nitrogens is 4. The van der Waals surface area contributed by atoms with Gasteiger partial charge in [-0.05, 0) is 18.2 Å². The van der Waals surface area contributed by atoms with E-state index in [4.69, 9.17) is 0 Å². The lowest BCUT2D eigenvalue weighted by Crippen LogP contribution is -1.89. The molecule has 0 aliphatic carbocycles. The van der Waals surface area contributed by atoms with E-state index in [1.807, 2.05) is 0 Å². The zero-order valence-corrected chi connectivity index (χ0v) is 11.2. The summed E-state index contributed by atoms with van der Waals surface area (Å²) in [6.07, 6.45) is 4.38. The molecule has 4 nitrogen and oxygen atoms in total. The van der Waals surface area contributed by atoms with Crippen LogP contribution in [0.1, 0.15) is 0 Å². The van der Waals surface area contributed by atoms with Crippen LogP contribution in [0.25, 0.3) is 33.1 Å². The molecule has 0 unspecified atom stereocenters. The lowest BCUT2D eigenvalue weighted by atomic mass is 10.0. The monoisotopic (exact) mass is 294 g/mol. The third-order valence-corrected chi connectivity index (χ3v) is 3.47. The average Bonchev–Trinajstić information content (AvgIpc) is 2.92. The Balaban J connectivity index is 2.21. The van der Waals surface area contributed by atoms with Crippen molar-refractivity contribution in [2.75, 3.05) is 0 Å². The Kier molecular flexibility index (Phi) is 2.75. The van der Waals surface area contributed by atoms with Crippen LogP contribution in [0.5, 0.6) is 0 Å². The van der Waals surface area contributed by atoms with Gasteiger partial charge < -0.3 is 0 Å². The van der Waals surface area contributed by atoms with Crippen molar-refractivity contribution in [1.29, 1.82) is 0 Å². The van der Waals surface area contributed by atoms with E-state index in [1.54, 1.807) is 18.2 Å². The molecule has 106 valence electrons. The number of benzene rings is 2. The predicted octanol–water partition coefficient (Wildman–Crippen LogP) is 3.52.